The van der Waals surface area contributed by atoms with E-state index in [1.807, 2.05) is 13.8 Å². The molecule has 0 saturated heterocycles. The molecule has 0 atom stereocenters. The number of phenolic OH excluding ortho intramolecular Hbond substituents is 1. The van der Waals surface area contributed by atoms with Crippen molar-refractivity contribution in [1.29, 1.82) is 0 Å². The van der Waals surface area contributed by atoms with Crippen LogP contribution in [0.1, 0.15) is 25.5 Å². The number of nitrogens with zero attached hydrogens (tertiary/aromatic N) is 1. The lowest BCUT2D eigenvalue weighted by Gasteiger charge is -2.07. The Kier molecular flexibility index (Phi) is 4.24. The number of aromatic nitrogens is 2. The van der Waals surface area contributed by atoms with Crippen LogP contribution in [-0.4, -0.2) is 27.8 Å². The average Bonchev–Trinajstić information content (AvgIpc) is 2.86. The fourth-order valence-corrected chi connectivity index (χ4v) is 1.60. The van der Waals surface area contributed by atoms with E-state index in [0.717, 1.165) is 5.69 Å². The molecule has 2 aromatic rings. The van der Waals surface area contributed by atoms with E-state index in [-0.39, 0.29) is 24.0 Å². The van der Waals surface area contributed by atoms with Gasteiger partial charge in [0.2, 0.25) is 0 Å². The third-order valence-electron chi connectivity index (χ3n) is 2.71. The summed E-state index contributed by atoms with van der Waals surface area (Å²) >= 11 is 0. The molecule has 6 nitrogen and oxygen atoms in total. The molecule has 0 saturated carbocycles. The number of aromatic hydroxyl groups is 1. The van der Waals surface area contributed by atoms with Gasteiger partial charge in [-0.1, -0.05) is 26.0 Å². The first kappa shape index (κ1) is 13.9. The molecule has 1 heterocycles. The molecule has 3 N–H and O–H groups in total. The summed E-state index contributed by atoms with van der Waals surface area (Å²) < 4.78 is 5.23. The standard InChI is InChI=1S/C14H17N3O3/c1-9(2)10-7-13(17-16-10)15-14(19)8-20-12-6-4-3-5-11(12)18/h3-7,9,18H,8H2,1-2H3,(H2,15,16,17,19). The summed E-state index contributed by atoms with van der Waals surface area (Å²) in [7, 11) is 0. The van der Waals surface area contributed by atoms with Crippen LogP contribution in [0.5, 0.6) is 11.5 Å². The number of benzene rings is 1. The molecule has 0 aliphatic heterocycles. The van der Waals surface area contributed by atoms with Crippen molar-refractivity contribution < 1.29 is 14.6 Å². The van der Waals surface area contributed by atoms with Crippen molar-refractivity contribution in [2.75, 3.05) is 11.9 Å². The maximum atomic E-state index is 11.7. The van der Waals surface area contributed by atoms with Gasteiger partial charge in [-0.2, -0.15) is 5.10 Å². The van der Waals surface area contributed by atoms with Crippen molar-refractivity contribution in [3.8, 4) is 11.5 Å². The molecule has 20 heavy (non-hydrogen) atoms. The molecule has 0 aliphatic rings. The van der Waals surface area contributed by atoms with E-state index < -0.39 is 0 Å². The summed E-state index contributed by atoms with van der Waals surface area (Å²) in [5.41, 5.74) is 0.946. The van der Waals surface area contributed by atoms with Crippen molar-refractivity contribution >= 4 is 11.7 Å². The van der Waals surface area contributed by atoms with Crippen molar-refractivity contribution in [2.24, 2.45) is 0 Å². The number of carbonyl (C=O) groups is 1. The SMILES string of the molecule is CC(C)c1cc(NC(=O)COc2ccccc2O)n[nH]1. The van der Waals surface area contributed by atoms with Crippen LogP contribution >= 0.6 is 0 Å². The Morgan fingerprint density at radius 2 is 2.20 bits per heavy atom. The minimum atomic E-state index is -0.338. The molecule has 106 valence electrons. The van der Waals surface area contributed by atoms with Crippen molar-refractivity contribution in [1.82, 2.24) is 10.2 Å². The Labute approximate surface area is 116 Å². The van der Waals surface area contributed by atoms with E-state index in [0.29, 0.717) is 11.7 Å². The van der Waals surface area contributed by atoms with Gasteiger partial charge in [-0.3, -0.25) is 9.89 Å². The third kappa shape index (κ3) is 3.50. The number of carbonyl (C=O) groups excluding carboxylic acids is 1. The molecule has 1 aromatic carbocycles. The highest BCUT2D eigenvalue weighted by Gasteiger charge is 2.09. The Hall–Kier alpha value is -2.50. The smallest absolute Gasteiger partial charge is 0.263 e. The van der Waals surface area contributed by atoms with E-state index >= 15 is 0 Å². The molecule has 2 rings (SSSR count). The van der Waals surface area contributed by atoms with Gasteiger partial charge < -0.3 is 15.2 Å². The highest BCUT2D eigenvalue weighted by molar-refractivity contribution is 5.91. The second-order valence-electron chi connectivity index (χ2n) is 4.67. The van der Waals surface area contributed by atoms with Crippen LogP contribution in [0.2, 0.25) is 0 Å². The fraction of sp³-hybridized carbons (Fsp3) is 0.286. The third-order valence-corrected chi connectivity index (χ3v) is 2.71. The maximum Gasteiger partial charge on any atom is 0.263 e. The van der Waals surface area contributed by atoms with Gasteiger partial charge in [0, 0.05) is 11.8 Å². The van der Waals surface area contributed by atoms with Gasteiger partial charge in [0.15, 0.2) is 23.9 Å². The second-order valence-corrected chi connectivity index (χ2v) is 4.67. The zero-order valence-corrected chi connectivity index (χ0v) is 11.4. The number of ether oxygens (including phenoxy) is 1. The van der Waals surface area contributed by atoms with E-state index in [9.17, 15) is 9.90 Å². The lowest BCUT2D eigenvalue weighted by Crippen LogP contribution is -2.20. The normalized spacial score (nSPS) is 10.6. The summed E-state index contributed by atoms with van der Waals surface area (Å²) in [5.74, 6) is 0.704. The van der Waals surface area contributed by atoms with Gasteiger partial charge in [0.1, 0.15) is 0 Å². The van der Waals surface area contributed by atoms with Gasteiger partial charge in [-0.25, -0.2) is 0 Å². The summed E-state index contributed by atoms with van der Waals surface area (Å²) in [6.07, 6.45) is 0. The van der Waals surface area contributed by atoms with Crippen LogP contribution < -0.4 is 10.1 Å². The van der Waals surface area contributed by atoms with Gasteiger partial charge in [-0.05, 0) is 18.1 Å². The van der Waals surface area contributed by atoms with Crippen LogP contribution in [0.15, 0.2) is 30.3 Å². The van der Waals surface area contributed by atoms with E-state index in [2.05, 4.69) is 15.5 Å². The van der Waals surface area contributed by atoms with Crippen LogP contribution in [0.4, 0.5) is 5.82 Å². The largest absolute Gasteiger partial charge is 0.504 e. The minimum Gasteiger partial charge on any atom is -0.504 e. The number of hydrogen-bond donors (Lipinski definition) is 3. The van der Waals surface area contributed by atoms with E-state index in [4.69, 9.17) is 4.74 Å². The van der Waals surface area contributed by atoms with E-state index in [1.54, 1.807) is 24.3 Å². The molecule has 1 amide bonds. The first-order valence-corrected chi connectivity index (χ1v) is 6.32. The second kappa shape index (κ2) is 6.10. The Morgan fingerprint density at radius 1 is 1.45 bits per heavy atom. The molecule has 0 unspecified atom stereocenters. The van der Waals surface area contributed by atoms with Gasteiger partial charge >= 0.3 is 0 Å². The van der Waals surface area contributed by atoms with Gasteiger partial charge in [-0.15, -0.1) is 0 Å². The number of anilines is 1. The molecular weight excluding hydrogens is 258 g/mol. The minimum absolute atomic E-state index is 0.00200. The quantitative estimate of drug-likeness (QED) is 0.781. The highest BCUT2D eigenvalue weighted by atomic mass is 16.5. The molecule has 1 aromatic heterocycles. The zero-order chi connectivity index (χ0) is 14.5. The Morgan fingerprint density at radius 3 is 2.85 bits per heavy atom. The van der Waals surface area contributed by atoms with Crippen molar-refractivity contribution in [2.45, 2.75) is 19.8 Å². The molecule has 0 spiro atoms. The topological polar surface area (TPSA) is 87.2 Å². The number of amides is 1. The number of nitrogens with one attached hydrogen (secondary N) is 2. The predicted octanol–water partition coefficient (Wildman–Crippen LogP) is 2.26. The summed E-state index contributed by atoms with van der Waals surface area (Å²) in [4.78, 5) is 11.7. The molecular formula is C14H17N3O3. The lowest BCUT2D eigenvalue weighted by atomic mass is 10.1. The number of para-hydroxylation sites is 2. The van der Waals surface area contributed by atoms with Gasteiger partial charge in [0.25, 0.3) is 5.91 Å². The predicted molar refractivity (Wildman–Crippen MR) is 74.9 cm³/mol. The zero-order valence-electron chi connectivity index (χ0n) is 11.4. The van der Waals surface area contributed by atoms with Crippen LogP contribution in [-0.2, 0) is 4.79 Å². The Balaban J connectivity index is 1.88. The van der Waals surface area contributed by atoms with Crippen molar-refractivity contribution in [3.63, 3.8) is 0 Å². The van der Waals surface area contributed by atoms with E-state index in [1.165, 1.54) is 6.07 Å². The molecule has 0 fully saturated rings. The Bertz CT molecular complexity index is 593. The van der Waals surface area contributed by atoms with Crippen molar-refractivity contribution in [3.05, 3.63) is 36.0 Å². The molecule has 6 heteroatoms. The average molecular weight is 275 g/mol. The molecule has 0 aliphatic carbocycles. The molecule has 0 bridgehead atoms. The van der Waals surface area contributed by atoms with Crippen LogP contribution in [0.3, 0.4) is 0 Å². The number of hydrogen-bond acceptors (Lipinski definition) is 4. The fourth-order valence-electron chi connectivity index (χ4n) is 1.60. The lowest BCUT2D eigenvalue weighted by molar-refractivity contribution is -0.118. The van der Waals surface area contributed by atoms with Crippen LogP contribution in [0, 0.1) is 0 Å². The monoisotopic (exact) mass is 275 g/mol. The summed E-state index contributed by atoms with van der Waals surface area (Å²) in [6, 6.07) is 8.27. The first-order chi connectivity index (χ1) is 9.56. The number of rotatable bonds is 5. The van der Waals surface area contributed by atoms with Gasteiger partial charge in [0.05, 0.1) is 0 Å². The maximum absolute atomic E-state index is 11.7. The number of aromatic amines is 1. The summed E-state index contributed by atoms with van der Waals surface area (Å²) in [6.45, 7) is 3.86. The number of phenols is 1. The summed E-state index contributed by atoms with van der Waals surface area (Å²) in [5, 5.41) is 19.0. The first-order valence-electron chi connectivity index (χ1n) is 6.32. The number of H-pyrrole nitrogens is 1. The molecule has 0 radical (unpaired) electrons. The van der Waals surface area contributed by atoms with Crippen LogP contribution in [0.25, 0.3) is 0 Å². The highest BCUT2D eigenvalue weighted by Crippen LogP contribution is 2.24.